The number of hydrogen-bond donors (Lipinski definition) is 0. The number of hydrogen-bond acceptors (Lipinski definition) is 0. The molecule has 0 N–H and O–H groups in total. The lowest BCUT2D eigenvalue weighted by Gasteiger charge is -2.19. The van der Waals surface area contributed by atoms with Gasteiger partial charge in [0.05, 0.1) is 8.07 Å². The van der Waals surface area contributed by atoms with Gasteiger partial charge in [-0.1, -0.05) is 59.7 Å². The highest BCUT2D eigenvalue weighted by Crippen LogP contribution is 2.19. The normalized spacial score (nSPS) is 11.6. The molecule has 0 spiro atoms. The fraction of sp³-hybridized carbons (Fsp3) is 0.818. The van der Waals surface area contributed by atoms with Crippen LogP contribution in [0.1, 0.15) is 12.8 Å². The molecule has 0 fully saturated rings. The predicted octanol–water partition coefficient (Wildman–Crippen LogP) is 4.60. The monoisotopic (exact) mass is 290 g/mol. The van der Waals surface area contributed by atoms with E-state index in [1.54, 1.807) is 0 Å². The molecule has 0 rings (SSSR count). The Labute approximate surface area is 102 Å². The summed E-state index contributed by atoms with van der Waals surface area (Å²) < 4.78 is 0. The zero-order valence-corrected chi connectivity index (χ0v) is 13.2. The predicted molar refractivity (Wildman–Crippen MR) is 75.7 cm³/mol. The minimum absolute atomic E-state index is 0.895. The van der Waals surface area contributed by atoms with Crippen LogP contribution in [-0.2, 0) is 0 Å². The molecule has 0 aromatic carbocycles. The Morgan fingerprint density at radius 1 is 1.29 bits per heavy atom. The molecule has 0 unspecified atom stereocenters. The molecule has 0 aliphatic carbocycles. The summed E-state index contributed by atoms with van der Waals surface area (Å²) in [7, 11) is 0.299. The van der Waals surface area contributed by atoms with Crippen LogP contribution in [0.15, 0.2) is 12.7 Å². The van der Waals surface area contributed by atoms with Gasteiger partial charge in [-0.15, -0.1) is 6.58 Å². The van der Waals surface area contributed by atoms with E-state index in [1.165, 1.54) is 51.9 Å². The van der Waals surface area contributed by atoms with Gasteiger partial charge in [0, 0.05) is 14.8 Å². The van der Waals surface area contributed by atoms with E-state index in [0.29, 0.717) is 0 Å². The Bertz CT molecular complexity index is 146. The van der Waals surface area contributed by atoms with E-state index in [2.05, 4.69) is 41.7 Å². The van der Waals surface area contributed by atoms with Crippen LogP contribution in [-0.4, -0.2) is 22.9 Å². The quantitative estimate of drug-likeness (QED) is 0.252. The van der Waals surface area contributed by atoms with Crippen molar-refractivity contribution < 1.29 is 0 Å². The van der Waals surface area contributed by atoms with Gasteiger partial charge < -0.3 is 0 Å². The highest BCUT2D eigenvalue weighted by atomic mass is 79.9. The molecule has 0 nitrogen and oxygen atoms in total. The van der Waals surface area contributed by atoms with Crippen molar-refractivity contribution in [3.63, 3.8) is 0 Å². The van der Waals surface area contributed by atoms with Crippen molar-refractivity contribution >= 4 is 33.5 Å². The molecule has 82 valence electrons. The first kappa shape index (κ1) is 14.7. The summed E-state index contributed by atoms with van der Waals surface area (Å²) in [5.74, 6) is 0. The van der Waals surface area contributed by atoms with Crippen LogP contribution in [0.3, 0.4) is 0 Å². The summed E-state index contributed by atoms with van der Waals surface area (Å²) in [6.45, 7) is 8.81. The number of alkyl halides is 1. The second-order valence-electron chi connectivity index (χ2n) is 4.55. The first-order valence-corrected chi connectivity index (χ1v) is 11.4. The Kier molecular flexibility index (Phi) is 9.34. The number of halogens is 1. The maximum Gasteiger partial charge on any atom is 0.0511 e. The van der Waals surface area contributed by atoms with Crippen molar-refractivity contribution in [2.75, 3.05) is 5.33 Å². The molecule has 0 heterocycles. The summed E-state index contributed by atoms with van der Waals surface area (Å²) in [4.78, 5) is 0. The zero-order chi connectivity index (χ0) is 10.9. The summed E-state index contributed by atoms with van der Waals surface area (Å²) >= 11 is 3.47. The first-order valence-electron chi connectivity index (χ1n) is 5.50. The molecule has 0 aliphatic rings. The third-order valence-corrected chi connectivity index (χ3v) is 7.47. The number of allylic oxidation sites excluding steroid dienone is 1. The van der Waals surface area contributed by atoms with Crippen molar-refractivity contribution in [2.24, 2.45) is 0 Å². The van der Waals surface area contributed by atoms with Gasteiger partial charge in [-0.2, -0.15) is 0 Å². The lowest BCUT2D eigenvalue weighted by atomic mass is 10.6. The van der Waals surface area contributed by atoms with Gasteiger partial charge in [0.25, 0.3) is 0 Å². The summed E-state index contributed by atoms with van der Waals surface area (Å²) in [6.07, 6.45) is 4.92. The van der Waals surface area contributed by atoms with E-state index in [0.717, 1.165) is 0 Å². The molecular formula is C11H23BrSi2. The van der Waals surface area contributed by atoms with Gasteiger partial charge in [-0.3, -0.25) is 0 Å². The Morgan fingerprint density at radius 2 is 1.93 bits per heavy atom. The van der Waals surface area contributed by atoms with Crippen molar-refractivity contribution in [2.45, 2.75) is 50.1 Å². The maximum absolute atomic E-state index is 3.85. The van der Waals surface area contributed by atoms with Gasteiger partial charge in [0.1, 0.15) is 0 Å². The average Bonchev–Trinajstić information content (AvgIpc) is 2.11. The van der Waals surface area contributed by atoms with Crippen LogP contribution >= 0.6 is 15.9 Å². The molecule has 0 saturated heterocycles. The van der Waals surface area contributed by atoms with Crippen molar-refractivity contribution in [3.8, 4) is 0 Å². The van der Waals surface area contributed by atoms with Crippen LogP contribution in [0.5, 0.6) is 0 Å². The fourth-order valence-corrected chi connectivity index (χ4v) is 5.88. The van der Waals surface area contributed by atoms with Crippen LogP contribution in [0.2, 0.25) is 37.3 Å². The number of rotatable bonds is 9. The van der Waals surface area contributed by atoms with Crippen LogP contribution in [0.4, 0.5) is 0 Å². The topological polar surface area (TPSA) is 0 Å². The van der Waals surface area contributed by atoms with E-state index in [9.17, 15) is 0 Å². The minimum Gasteiger partial charge on any atom is -0.103 e. The molecule has 0 aliphatic heterocycles. The maximum atomic E-state index is 3.85. The average molecular weight is 291 g/mol. The van der Waals surface area contributed by atoms with Gasteiger partial charge in [-0.05, 0) is 12.5 Å². The molecule has 14 heavy (non-hydrogen) atoms. The second kappa shape index (κ2) is 8.92. The molecule has 0 amide bonds. The lowest BCUT2D eigenvalue weighted by Crippen LogP contribution is -2.23. The fourth-order valence-electron chi connectivity index (χ4n) is 1.50. The summed E-state index contributed by atoms with van der Waals surface area (Å²) in [5.41, 5.74) is 0. The van der Waals surface area contributed by atoms with E-state index in [4.69, 9.17) is 0 Å². The standard InChI is InChI=1S/C11H23BrSi2/c1-4-10-14(2,3)11-6-9-13-8-5-7-12/h4H,1,5-11H2,2-3H3. The summed E-state index contributed by atoms with van der Waals surface area (Å²) in [6, 6.07) is 5.66. The highest BCUT2D eigenvalue weighted by Gasteiger charge is 2.17. The Balaban J connectivity index is 3.30. The third-order valence-electron chi connectivity index (χ3n) is 2.39. The Hall–Kier alpha value is 0.654. The van der Waals surface area contributed by atoms with Gasteiger partial charge >= 0.3 is 0 Å². The lowest BCUT2D eigenvalue weighted by molar-refractivity contribution is 1.01. The first-order chi connectivity index (χ1) is 6.62. The van der Waals surface area contributed by atoms with Gasteiger partial charge in [0.2, 0.25) is 0 Å². The molecule has 0 saturated carbocycles. The van der Waals surface area contributed by atoms with Crippen molar-refractivity contribution in [1.82, 2.24) is 0 Å². The van der Waals surface area contributed by atoms with E-state index in [1.807, 2.05) is 0 Å². The molecular weight excluding hydrogens is 268 g/mol. The molecule has 2 radical (unpaired) electrons. The van der Waals surface area contributed by atoms with E-state index < -0.39 is 8.07 Å². The van der Waals surface area contributed by atoms with E-state index in [-0.39, 0.29) is 0 Å². The smallest absolute Gasteiger partial charge is 0.0511 e. The molecule has 3 heteroatoms. The van der Waals surface area contributed by atoms with Crippen molar-refractivity contribution in [1.29, 1.82) is 0 Å². The molecule has 0 atom stereocenters. The van der Waals surface area contributed by atoms with Crippen LogP contribution < -0.4 is 0 Å². The van der Waals surface area contributed by atoms with Gasteiger partial charge in [0.15, 0.2) is 0 Å². The third kappa shape index (κ3) is 9.22. The van der Waals surface area contributed by atoms with Crippen LogP contribution in [0.25, 0.3) is 0 Å². The van der Waals surface area contributed by atoms with Crippen molar-refractivity contribution in [3.05, 3.63) is 12.7 Å². The molecule has 0 bridgehead atoms. The van der Waals surface area contributed by atoms with Gasteiger partial charge in [-0.25, -0.2) is 0 Å². The highest BCUT2D eigenvalue weighted by molar-refractivity contribution is 9.09. The zero-order valence-electron chi connectivity index (χ0n) is 9.61. The van der Waals surface area contributed by atoms with Crippen LogP contribution in [0, 0.1) is 0 Å². The second-order valence-corrected chi connectivity index (χ2v) is 12.1. The summed E-state index contributed by atoms with van der Waals surface area (Å²) in [5, 5.41) is 1.18. The molecule has 0 aromatic rings. The largest absolute Gasteiger partial charge is 0.103 e. The molecule has 0 aromatic heterocycles. The minimum atomic E-state index is -0.895. The Morgan fingerprint density at radius 3 is 2.50 bits per heavy atom. The van der Waals surface area contributed by atoms with E-state index >= 15 is 0 Å². The SMILES string of the molecule is C=CC[Si](C)(C)CCC[Si]CCCBr.